The van der Waals surface area contributed by atoms with Gasteiger partial charge in [-0.15, -0.1) is 0 Å². The van der Waals surface area contributed by atoms with Crippen LogP contribution in [0.3, 0.4) is 0 Å². The summed E-state index contributed by atoms with van der Waals surface area (Å²) < 4.78 is 0. The molecule has 0 aromatic carbocycles. The Hall–Kier alpha value is -0.120. The van der Waals surface area contributed by atoms with Gasteiger partial charge in [-0.25, -0.2) is 0 Å². The zero-order valence-electron chi connectivity index (χ0n) is 7.72. The number of aliphatic hydroxyl groups excluding tert-OH is 1. The summed E-state index contributed by atoms with van der Waals surface area (Å²) in [7, 11) is 1.90. The minimum Gasteiger partial charge on any atom is -0.378 e. The topological polar surface area (TPSA) is 44.3 Å². The molecule has 3 N–H and O–H groups in total. The second-order valence-electron chi connectivity index (χ2n) is 2.89. The van der Waals surface area contributed by atoms with E-state index in [-0.39, 0.29) is 6.23 Å². The predicted octanol–water partition coefficient (Wildman–Crippen LogP) is 0.160. The fourth-order valence-corrected chi connectivity index (χ4v) is 0.769. The lowest BCUT2D eigenvalue weighted by molar-refractivity contribution is 0.0816. The monoisotopic (exact) mass is 160 g/mol. The van der Waals surface area contributed by atoms with Gasteiger partial charge in [-0.3, -0.25) is 5.32 Å². The van der Waals surface area contributed by atoms with Gasteiger partial charge in [0.05, 0.1) is 0 Å². The van der Waals surface area contributed by atoms with E-state index in [2.05, 4.69) is 17.6 Å². The molecule has 2 unspecified atom stereocenters. The highest BCUT2D eigenvalue weighted by Gasteiger charge is 2.09. The summed E-state index contributed by atoms with van der Waals surface area (Å²) in [6.07, 6.45) is 0.654. The molecule has 0 spiro atoms. The van der Waals surface area contributed by atoms with Crippen LogP contribution in [0.25, 0.3) is 0 Å². The largest absolute Gasteiger partial charge is 0.378 e. The quantitative estimate of drug-likeness (QED) is 0.383. The summed E-state index contributed by atoms with van der Waals surface area (Å²) in [5.41, 5.74) is 0. The van der Waals surface area contributed by atoms with Crippen LogP contribution in [-0.4, -0.2) is 31.5 Å². The molecule has 3 heteroatoms. The highest BCUT2D eigenvalue weighted by atomic mass is 16.3. The molecule has 0 aliphatic heterocycles. The summed E-state index contributed by atoms with van der Waals surface area (Å²) >= 11 is 0. The maximum absolute atomic E-state index is 9.41. The molecule has 2 atom stereocenters. The minimum atomic E-state index is -0.353. The summed E-state index contributed by atoms with van der Waals surface area (Å²) in [5.74, 6) is 0.340. The Bertz CT molecular complexity index is 88.2. The van der Waals surface area contributed by atoms with Crippen molar-refractivity contribution >= 4 is 0 Å². The van der Waals surface area contributed by atoms with Gasteiger partial charge in [0.25, 0.3) is 0 Å². The van der Waals surface area contributed by atoms with E-state index in [0.29, 0.717) is 5.92 Å². The lowest BCUT2D eigenvalue weighted by atomic mass is 10.1. The summed E-state index contributed by atoms with van der Waals surface area (Å²) in [5, 5.41) is 15.4. The van der Waals surface area contributed by atoms with Crippen molar-refractivity contribution < 1.29 is 5.11 Å². The molecule has 11 heavy (non-hydrogen) atoms. The molecule has 68 valence electrons. The first-order chi connectivity index (χ1) is 5.22. The Kier molecular flexibility index (Phi) is 6.51. The number of hydrogen-bond acceptors (Lipinski definition) is 3. The van der Waals surface area contributed by atoms with Crippen molar-refractivity contribution in [1.29, 1.82) is 0 Å². The Morgan fingerprint density at radius 2 is 2.00 bits per heavy atom. The van der Waals surface area contributed by atoms with Crippen molar-refractivity contribution in [2.75, 3.05) is 20.1 Å². The van der Waals surface area contributed by atoms with E-state index in [1.165, 1.54) is 0 Å². The molecule has 0 heterocycles. The molecule has 0 saturated carbocycles. The van der Waals surface area contributed by atoms with E-state index in [1.54, 1.807) is 0 Å². The average molecular weight is 160 g/mol. The fourth-order valence-electron chi connectivity index (χ4n) is 0.769. The molecule has 0 rings (SSSR count). The lowest BCUT2D eigenvalue weighted by Gasteiger charge is -2.18. The fraction of sp³-hybridized carbons (Fsp3) is 1.00. The van der Waals surface area contributed by atoms with Crippen molar-refractivity contribution in [3.05, 3.63) is 0 Å². The van der Waals surface area contributed by atoms with Crippen LogP contribution in [0.2, 0.25) is 0 Å². The third-order valence-corrected chi connectivity index (χ3v) is 1.91. The molecule has 0 radical (unpaired) electrons. The first kappa shape index (κ1) is 10.9. The third kappa shape index (κ3) is 5.18. The first-order valence-corrected chi connectivity index (χ1v) is 4.28. The second-order valence-corrected chi connectivity index (χ2v) is 2.89. The maximum atomic E-state index is 9.41. The highest BCUT2D eigenvalue weighted by Crippen LogP contribution is 2.03. The molecule has 0 saturated heterocycles. The standard InChI is InChI=1S/C8H20N2O/c1-4-7(2)8(11)10-6-5-9-3/h7-11H,4-6H2,1-3H3. The number of likely N-dealkylation sites (N-methyl/N-ethyl adjacent to an activating group) is 1. The molecule has 0 aliphatic carbocycles. The van der Waals surface area contributed by atoms with Gasteiger partial charge < -0.3 is 10.4 Å². The van der Waals surface area contributed by atoms with Crippen molar-refractivity contribution in [2.45, 2.75) is 26.5 Å². The SMILES string of the molecule is CCC(C)C(O)NCCNC. The van der Waals surface area contributed by atoms with Crippen molar-refractivity contribution in [3.8, 4) is 0 Å². The van der Waals surface area contributed by atoms with Crippen LogP contribution in [-0.2, 0) is 0 Å². The number of hydrogen-bond donors (Lipinski definition) is 3. The van der Waals surface area contributed by atoms with E-state index in [1.807, 2.05) is 14.0 Å². The Morgan fingerprint density at radius 3 is 2.45 bits per heavy atom. The van der Waals surface area contributed by atoms with E-state index >= 15 is 0 Å². The Balaban J connectivity index is 3.28. The van der Waals surface area contributed by atoms with Crippen LogP contribution in [0.4, 0.5) is 0 Å². The van der Waals surface area contributed by atoms with Crippen molar-refractivity contribution in [2.24, 2.45) is 5.92 Å². The summed E-state index contributed by atoms with van der Waals surface area (Å²) in [6, 6.07) is 0. The van der Waals surface area contributed by atoms with Gasteiger partial charge in [-0.2, -0.15) is 0 Å². The maximum Gasteiger partial charge on any atom is 0.107 e. The molecule has 0 aliphatic rings. The molecule has 0 bridgehead atoms. The number of nitrogens with one attached hydrogen (secondary N) is 2. The van der Waals surface area contributed by atoms with Gasteiger partial charge in [-0.05, 0) is 19.4 Å². The van der Waals surface area contributed by atoms with Gasteiger partial charge in [0.2, 0.25) is 0 Å². The van der Waals surface area contributed by atoms with Crippen LogP contribution in [0, 0.1) is 5.92 Å². The third-order valence-electron chi connectivity index (χ3n) is 1.91. The van der Waals surface area contributed by atoms with Crippen LogP contribution >= 0.6 is 0 Å². The minimum absolute atomic E-state index is 0.340. The van der Waals surface area contributed by atoms with E-state index < -0.39 is 0 Å². The van der Waals surface area contributed by atoms with Crippen LogP contribution in [0.15, 0.2) is 0 Å². The number of rotatable bonds is 6. The van der Waals surface area contributed by atoms with Gasteiger partial charge in [0.15, 0.2) is 0 Å². The van der Waals surface area contributed by atoms with Crippen LogP contribution < -0.4 is 10.6 Å². The van der Waals surface area contributed by atoms with Crippen LogP contribution in [0.5, 0.6) is 0 Å². The molecular formula is C8H20N2O. The van der Waals surface area contributed by atoms with E-state index in [9.17, 15) is 5.11 Å². The molecule has 0 fully saturated rings. The zero-order valence-corrected chi connectivity index (χ0v) is 7.72. The summed E-state index contributed by atoms with van der Waals surface area (Å²) in [4.78, 5) is 0. The Labute approximate surface area is 69.2 Å². The molecule has 0 aromatic heterocycles. The van der Waals surface area contributed by atoms with Gasteiger partial charge in [0.1, 0.15) is 6.23 Å². The molecule has 0 amide bonds. The van der Waals surface area contributed by atoms with E-state index in [4.69, 9.17) is 0 Å². The second kappa shape index (κ2) is 6.58. The van der Waals surface area contributed by atoms with Crippen molar-refractivity contribution in [1.82, 2.24) is 10.6 Å². The molecule has 0 aromatic rings. The van der Waals surface area contributed by atoms with Gasteiger partial charge >= 0.3 is 0 Å². The lowest BCUT2D eigenvalue weighted by Crippen LogP contribution is -2.38. The van der Waals surface area contributed by atoms with Gasteiger partial charge in [0, 0.05) is 13.1 Å². The average Bonchev–Trinajstić information content (AvgIpc) is 2.03. The molecular weight excluding hydrogens is 140 g/mol. The van der Waals surface area contributed by atoms with Crippen molar-refractivity contribution in [3.63, 3.8) is 0 Å². The smallest absolute Gasteiger partial charge is 0.107 e. The zero-order chi connectivity index (χ0) is 8.69. The normalized spacial score (nSPS) is 16.4. The van der Waals surface area contributed by atoms with E-state index in [0.717, 1.165) is 19.5 Å². The Morgan fingerprint density at radius 1 is 1.36 bits per heavy atom. The summed E-state index contributed by atoms with van der Waals surface area (Å²) in [6.45, 7) is 5.83. The van der Waals surface area contributed by atoms with Gasteiger partial charge in [-0.1, -0.05) is 13.8 Å². The first-order valence-electron chi connectivity index (χ1n) is 4.28. The van der Waals surface area contributed by atoms with Crippen LogP contribution in [0.1, 0.15) is 20.3 Å². The highest BCUT2D eigenvalue weighted by molar-refractivity contribution is 4.60. The molecule has 3 nitrogen and oxygen atoms in total. The predicted molar refractivity (Wildman–Crippen MR) is 47.4 cm³/mol. The number of aliphatic hydroxyl groups is 1.